The van der Waals surface area contributed by atoms with Gasteiger partial charge in [0.1, 0.15) is 11.6 Å². The van der Waals surface area contributed by atoms with Gasteiger partial charge in [-0.1, -0.05) is 38.5 Å². The second-order valence-corrected chi connectivity index (χ2v) is 7.70. The SMILES string of the molecule is CCC(C)C(NC(=O)c1ccccc1)C(=O)Nc1ccc2oc(C3CC3)nc2c1. The van der Waals surface area contributed by atoms with Crippen LogP contribution in [0.4, 0.5) is 5.69 Å². The number of benzene rings is 2. The Bertz CT molecular complexity index is 1020. The van der Waals surface area contributed by atoms with E-state index in [0.717, 1.165) is 36.3 Å². The fourth-order valence-corrected chi connectivity index (χ4v) is 3.26. The summed E-state index contributed by atoms with van der Waals surface area (Å²) in [5.74, 6) is 0.695. The highest BCUT2D eigenvalue weighted by molar-refractivity contribution is 6.01. The fraction of sp³-hybridized carbons (Fsp3) is 0.348. The summed E-state index contributed by atoms with van der Waals surface area (Å²) >= 11 is 0. The standard InChI is InChI=1S/C23H25N3O3/c1-3-14(2)20(26-21(27)15-7-5-4-6-8-15)22(28)24-17-11-12-19-18(13-17)25-23(29-19)16-9-10-16/h4-8,11-14,16,20H,3,9-10H2,1-2H3,(H,24,28)(H,26,27). The monoisotopic (exact) mass is 391 g/mol. The van der Waals surface area contributed by atoms with Gasteiger partial charge in [-0.15, -0.1) is 0 Å². The van der Waals surface area contributed by atoms with Crippen molar-refractivity contribution in [1.29, 1.82) is 0 Å². The largest absolute Gasteiger partial charge is 0.440 e. The molecular weight excluding hydrogens is 366 g/mol. The van der Waals surface area contributed by atoms with Gasteiger partial charge in [-0.3, -0.25) is 9.59 Å². The first kappa shape index (κ1) is 19.2. The van der Waals surface area contributed by atoms with Crippen molar-refractivity contribution in [2.45, 2.75) is 45.1 Å². The minimum atomic E-state index is -0.636. The maximum atomic E-state index is 13.0. The number of nitrogens with zero attached hydrogens (tertiary/aromatic N) is 1. The molecule has 29 heavy (non-hydrogen) atoms. The van der Waals surface area contributed by atoms with Gasteiger partial charge in [0, 0.05) is 17.2 Å². The third-order valence-electron chi connectivity index (χ3n) is 5.42. The Hall–Kier alpha value is -3.15. The Morgan fingerprint density at radius 3 is 2.62 bits per heavy atom. The van der Waals surface area contributed by atoms with E-state index in [4.69, 9.17) is 4.42 Å². The topological polar surface area (TPSA) is 84.2 Å². The highest BCUT2D eigenvalue weighted by Crippen LogP contribution is 2.40. The first-order valence-corrected chi connectivity index (χ1v) is 10.1. The number of hydrogen-bond acceptors (Lipinski definition) is 4. The van der Waals surface area contributed by atoms with Crippen molar-refractivity contribution >= 4 is 28.6 Å². The van der Waals surface area contributed by atoms with E-state index in [1.807, 2.05) is 32.0 Å². The molecule has 0 spiro atoms. The average molecular weight is 391 g/mol. The highest BCUT2D eigenvalue weighted by Gasteiger charge is 2.29. The molecule has 1 fully saturated rings. The Kier molecular flexibility index (Phi) is 5.34. The van der Waals surface area contributed by atoms with Gasteiger partial charge in [0.25, 0.3) is 5.91 Å². The summed E-state index contributed by atoms with van der Waals surface area (Å²) in [4.78, 5) is 30.1. The van der Waals surface area contributed by atoms with E-state index in [9.17, 15) is 9.59 Å². The van der Waals surface area contributed by atoms with Crippen LogP contribution in [0.15, 0.2) is 52.9 Å². The number of anilines is 1. The van der Waals surface area contributed by atoms with Crippen molar-refractivity contribution in [2.24, 2.45) is 5.92 Å². The van der Waals surface area contributed by atoms with Crippen LogP contribution in [0.2, 0.25) is 0 Å². The van der Waals surface area contributed by atoms with Crippen LogP contribution in [0.1, 0.15) is 55.3 Å². The number of nitrogens with one attached hydrogen (secondary N) is 2. The summed E-state index contributed by atoms with van der Waals surface area (Å²) in [6.07, 6.45) is 3.00. The second-order valence-electron chi connectivity index (χ2n) is 7.70. The Labute approximate surface area is 169 Å². The molecule has 2 N–H and O–H groups in total. The van der Waals surface area contributed by atoms with Gasteiger partial charge >= 0.3 is 0 Å². The van der Waals surface area contributed by atoms with Crippen LogP contribution in [-0.2, 0) is 4.79 Å². The van der Waals surface area contributed by atoms with Crippen LogP contribution < -0.4 is 10.6 Å². The van der Waals surface area contributed by atoms with Crippen molar-refractivity contribution in [3.8, 4) is 0 Å². The quantitative estimate of drug-likeness (QED) is 0.622. The molecule has 1 heterocycles. The number of fused-ring (bicyclic) bond motifs is 1. The molecule has 1 aliphatic carbocycles. The van der Waals surface area contributed by atoms with Gasteiger partial charge in [0.05, 0.1) is 0 Å². The van der Waals surface area contributed by atoms with Gasteiger partial charge < -0.3 is 15.1 Å². The fourth-order valence-electron chi connectivity index (χ4n) is 3.26. The molecule has 3 aromatic rings. The van der Waals surface area contributed by atoms with Crippen LogP contribution in [0, 0.1) is 5.92 Å². The maximum absolute atomic E-state index is 13.0. The molecule has 6 nitrogen and oxygen atoms in total. The van der Waals surface area contributed by atoms with Crippen LogP contribution >= 0.6 is 0 Å². The van der Waals surface area contributed by atoms with Gasteiger partial charge in [0.2, 0.25) is 5.91 Å². The normalized spacial score (nSPS) is 15.7. The summed E-state index contributed by atoms with van der Waals surface area (Å²) < 4.78 is 5.78. The number of aromatic nitrogens is 1. The summed E-state index contributed by atoms with van der Waals surface area (Å²) in [6.45, 7) is 3.96. The molecule has 0 saturated heterocycles. The van der Waals surface area contributed by atoms with Crippen LogP contribution in [0.5, 0.6) is 0 Å². The smallest absolute Gasteiger partial charge is 0.251 e. The molecule has 2 unspecified atom stereocenters. The van der Waals surface area contributed by atoms with Gasteiger partial charge in [-0.25, -0.2) is 4.98 Å². The molecule has 2 amide bonds. The first-order chi connectivity index (χ1) is 14.0. The zero-order valence-corrected chi connectivity index (χ0v) is 16.6. The van der Waals surface area contributed by atoms with Crippen molar-refractivity contribution in [3.05, 3.63) is 60.0 Å². The van der Waals surface area contributed by atoms with Crippen molar-refractivity contribution in [3.63, 3.8) is 0 Å². The van der Waals surface area contributed by atoms with Gasteiger partial charge in [-0.2, -0.15) is 0 Å². The Balaban J connectivity index is 1.50. The molecular formula is C23H25N3O3. The van der Waals surface area contributed by atoms with Crippen molar-refractivity contribution < 1.29 is 14.0 Å². The lowest BCUT2D eigenvalue weighted by atomic mass is 9.97. The minimum absolute atomic E-state index is 0.0140. The molecule has 2 atom stereocenters. The lowest BCUT2D eigenvalue weighted by Gasteiger charge is -2.23. The highest BCUT2D eigenvalue weighted by atomic mass is 16.3. The number of oxazole rings is 1. The van der Waals surface area contributed by atoms with E-state index in [0.29, 0.717) is 17.2 Å². The maximum Gasteiger partial charge on any atom is 0.251 e. The zero-order chi connectivity index (χ0) is 20.4. The molecule has 1 saturated carbocycles. The van der Waals surface area contributed by atoms with Crippen LogP contribution in [0.3, 0.4) is 0 Å². The third kappa shape index (κ3) is 4.31. The number of rotatable bonds is 7. The number of hydrogen-bond donors (Lipinski definition) is 2. The van der Waals surface area contributed by atoms with E-state index in [1.54, 1.807) is 30.3 Å². The van der Waals surface area contributed by atoms with E-state index in [-0.39, 0.29) is 17.7 Å². The average Bonchev–Trinajstić information content (AvgIpc) is 3.51. The van der Waals surface area contributed by atoms with E-state index in [2.05, 4.69) is 15.6 Å². The number of amides is 2. The van der Waals surface area contributed by atoms with E-state index >= 15 is 0 Å². The molecule has 0 radical (unpaired) electrons. The molecule has 6 heteroatoms. The van der Waals surface area contributed by atoms with E-state index in [1.165, 1.54) is 0 Å². The van der Waals surface area contributed by atoms with Crippen molar-refractivity contribution in [1.82, 2.24) is 10.3 Å². The third-order valence-corrected chi connectivity index (χ3v) is 5.42. The van der Waals surface area contributed by atoms with E-state index < -0.39 is 6.04 Å². The molecule has 150 valence electrons. The van der Waals surface area contributed by atoms with Crippen LogP contribution in [0.25, 0.3) is 11.1 Å². The molecule has 1 aromatic heterocycles. The molecule has 0 bridgehead atoms. The summed E-state index contributed by atoms with van der Waals surface area (Å²) in [6, 6.07) is 13.7. The molecule has 1 aliphatic rings. The lowest BCUT2D eigenvalue weighted by Crippen LogP contribution is -2.47. The number of carbonyl (C=O) groups excluding carboxylic acids is 2. The number of carbonyl (C=O) groups is 2. The van der Waals surface area contributed by atoms with Crippen LogP contribution in [-0.4, -0.2) is 22.8 Å². The molecule has 4 rings (SSSR count). The molecule has 0 aliphatic heterocycles. The summed E-state index contributed by atoms with van der Waals surface area (Å²) in [5, 5.41) is 5.81. The second kappa shape index (κ2) is 8.07. The summed E-state index contributed by atoms with van der Waals surface area (Å²) in [7, 11) is 0. The minimum Gasteiger partial charge on any atom is -0.440 e. The van der Waals surface area contributed by atoms with Gasteiger partial charge in [0.15, 0.2) is 11.5 Å². The van der Waals surface area contributed by atoms with Gasteiger partial charge in [-0.05, 0) is 49.1 Å². The predicted octanol–water partition coefficient (Wildman–Crippen LogP) is 4.49. The molecule has 2 aromatic carbocycles. The Morgan fingerprint density at radius 2 is 1.93 bits per heavy atom. The predicted molar refractivity (Wildman–Crippen MR) is 112 cm³/mol. The lowest BCUT2D eigenvalue weighted by molar-refractivity contribution is -0.119. The van der Waals surface area contributed by atoms with Crippen molar-refractivity contribution in [2.75, 3.05) is 5.32 Å². The Morgan fingerprint density at radius 1 is 1.17 bits per heavy atom. The first-order valence-electron chi connectivity index (χ1n) is 10.1. The summed E-state index contributed by atoms with van der Waals surface area (Å²) in [5.41, 5.74) is 2.63. The zero-order valence-electron chi connectivity index (χ0n) is 16.6.